The molecule has 0 fully saturated rings. The molecule has 1 aromatic rings. The van der Waals surface area contributed by atoms with Crippen molar-refractivity contribution in [1.82, 2.24) is 0 Å². The van der Waals surface area contributed by atoms with E-state index in [2.05, 4.69) is 0 Å². The number of halogens is 2. The Morgan fingerprint density at radius 2 is 1.87 bits per heavy atom. The van der Waals surface area contributed by atoms with Gasteiger partial charge in [-0.15, -0.1) is 12.4 Å². The first kappa shape index (κ1) is 13.9. The molecule has 0 aliphatic heterocycles. The molecule has 0 aromatic heterocycles. The van der Waals surface area contributed by atoms with E-state index in [1.165, 1.54) is 29.2 Å². The van der Waals surface area contributed by atoms with E-state index in [9.17, 15) is 9.18 Å². The fourth-order valence-corrected chi connectivity index (χ4v) is 1.10. The molecular weight excluding hydrogens is 219 g/mol. The van der Waals surface area contributed by atoms with Gasteiger partial charge in [0.05, 0.1) is 6.04 Å². The summed E-state index contributed by atoms with van der Waals surface area (Å²) in [5, 5.41) is 0. The summed E-state index contributed by atoms with van der Waals surface area (Å²) in [6.07, 6.45) is 0. The Morgan fingerprint density at radius 3 is 2.27 bits per heavy atom. The standard InChI is InChI=1S/C10H13FN2O.ClH/c1-7(12)10(14)13(2)9-5-3-8(11)4-6-9;/h3-7H,12H2,1-2H3;1H/t7-;/m0./s1. The van der Waals surface area contributed by atoms with Gasteiger partial charge in [-0.1, -0.05) is 0 Å². The summed E-state index contributed by atoms with van der Waals surface area (Å²) in [4.78, 5) is 12.8. The zero-order valence-corrected chi connectivity index (χ0v) is 9.42. The molecule has 0 aliphatic rings. The molecule has 0 saturated carbocycles. The van der Waals surface area contributed by atoms with Gasteiger partial charge in [-0.2, -0.15) is 0 Å². The first-order valence-electron chi connectivity index (χ1n) is 4.31. The number of hydrogen-bond donors (Lipinski definition) is 1. The normalized spacial score (nSPS) is 11.5. The number of carbonyl (C=O) groups excluding carboxylic acids is 1. The predicted molar refractivity (Wildman–Crippen MR) is 60.7 cm³/mol. The molecule has 1 aromatic carbocycles. The second-order valence-electron chi connectivity index (χ2n) is 3.16. The van der Waals surface area contributed by atoms with Crippen LogP contribution in [-0.4, -0.2) is 19.0 Å². The Bertz CT molecular complexity index is 327. The molecule has 15 heavy (non-hydrogen) atoms. The van der Waals surface area contributed by atoms with Crippen LogP contribution < -0.4 is 10.6 Å². The highest BCUT2D eigenvalue weighted by Crippen LogP contribution is 2.13. The second-order valence-corrected chi connectivity index (χ2v) is 3.16. The highest BCUT2D eigenvalue weighted by Gasteiger charge is 2.14. The summed E-state index contributed by atoms with van der Waals surface area (Å²) < 4.78 is 12.6. The van der Waals surface area contributed by atoms with E-state index >= 15 is 0 Å². The van der Waals surface area contributed by atoms with Crippen LogP contribution in [0.5, 0.6) is 0 Å². The van der Waals surface area contributed by atoms with Crippen LogP contribution >= 0.6 is 12.4 Å². The molecule has 5 heteroatoms. The topological polar surface area (TPSA) is 46.3 Å². The van der Waals surface area contributed by atoms with Crippen LogP contribution in [0.1, 0.15) is 6.92 Å². The zero-order valence-electron chi connectivity index (χ0n) is 8.61. The van der Waals surface area contributed by atoms with Gasteiger partial charge in [-0.25, -0.2) is 4.39 Å². The van der Waals surface area contributed by atoms with E-state index in [4.69, 9.17) is 5.73 Å². The average molecular weight is 233 g/mol. The third-order valence-electron chi connectivity index (χ3n) is 1.93. The minimum atomic E-state index is -0.551. The Hall–Kier alpha value is -1.13. The van der Waals surface area contributed by atoms with Gasteiger partial charge in [-0.3, -0.25) is 4.79 Å². The lowest BCUT2D eigenvalue weighted by molar-refractivity contribution is -0.119. The Kier molecular flexibility index (Phi) is 5.25. The van der Waals surface area contributed by atoms with Gasteiger partial charge in [0.15, 0.2) is 0 Å². The highest BCUT2D eigenvalue weighted by atomic mass is 35.5. The second kappa shape index (κ2) is 5.68. The Morgan fingerprint density at radius 1 is 1.40 bits per heavy atom. The number of carbonyl (C=O) groups is 1. The zero-order chi connectivity index (χ0) is 10.7. The van der Waals surface area contributed by atoms with Crippen LogP contribution in [0.4, 0.5) is 10.1 Å². The van der Waals surface area contributed by atoms with Crippen molar-refractivity contribution in [2.45, 2.75) is 13.0 Å². The maximum absolute atomic E-state index is 12.6. The molecular formula is C10H14ClFN2O. The molecule has 0 unspecified atom stereocenters. The van der Waals surface area contributed by atoms with Gasteiger partial charge >= 0.3 is 0 Å². The number of nitrogens with zero attached hydrogens (tertiary/aromatic N) is 1. The number of benzene rings is 1. The summed E-state index contributed by atoms with van der Waals surface area (Å²) in [6, 6.07) is 5.14. The lowest BCUT2D eigenvalue weighted by atomic mass is 10.2. The van der Waals surface area contributed by atoms with Crippen molar-refractivity contribution in [1.29, 1.82) is 0 Å². The summed E-state index contributed by atoms with van der Waals surface area (Å²) in [5.74, 6) is -0.521. The van der Waals surface area contributed by atoms with E-state index in [-0.39, 0.29) is 24.1 Å². The van der Waals surface area contributed by atoms with Crippen LogP contribution in [0.15, 0.2) is 24.3 Å². The van der Waals surface area contributed by atoms with E-state index in [1.54, 1.807) is 14.0 Å². The number of hydrogen-bond acceptors (Lipinski definition) is 2. The third-order valence-corrected chi connectivity index (χ3v) is 1.93. The van der Waals surface area contributed by atoms with Gasteiger partial charge in [0.1, 0.15) is 5.82 Å². The minimum absolute atomic E-state index is 0. The molecule has 84 valence electrons. The third kappa shape index (κ3) is 3.49. The molecule has 3 nitrogen and oxygen atoms in total. The average Bonchev–Trinajstić information content (AvgIpc) is 2.16. The van der Waals surface area contributed by atoms with Crippen molar-refractivity contribution in [2.75, 3.05) is 11.9 Å². The summed E-state index contributed by atoms with van der Waals surface area (Å²) in [7, 11) is 1.61. The summed E-state index contributed by atoms with van der Waals surface area (Å²) in [5.41, 5.74) is 6.07. The van der Waals surface area contributed by atoms with Crippen molar-refractivity contribution in [3.63, 3.8) is 0 Å². The SMILES string of the molecule is C[C@H](N)C(=O)N(C)c1ccc(F)cc1.Cl. The van der Waals surface area contributed by atoms with Crippen molar-refractivity contribution in [2.24, 2.45) is 5.73 Å². The fraction of sp³-hybridized carbons (Fsp3) is 0.300. The van der Waals surface area contributed by atoms with Gasteiger partial charge < -0.3 is 10.6 Å². The van der Waals surface area contributed by atoms with Crippen LogP contribution in [0, 0.1) is 5.82 Å². The van der Waals surface area contributed by atoms with Crippen LogP contribution in [-0.2, 0) is 4.79 Å². The predicted octanol–water partition coefficient (Wildman–Crippen LogP) is 1.56. The lowest BCUT2D eigenvalue weighted by Crippen LogP contribution is -2.39. The number of rotatable bonds is 2. The summed E-state index contributed by atoms with van der Waals surface area (Å²) in [6.45, 7) is 1.61. The molecule has 0 aliphatic carbocycles. The van der Waals surface area contributed by atoms with E-state index in [0.29, 0.717) is 5.69 Å². The van der Waals surface area contributed by atoms with Crippen molar-refractivity contribution >= 4 is 24.0 Å². The van der Waals surface area contributed by atoms with Gasteiger partial charge in [0, 0.05) is 12.7 Å². The molecule has 0 saturated heterocycles. The van der Waals surface area contributed by atoms with Crippen molar-refractivity contribution in [3.05, 3.63) is 30.1 Å². The molecule has 0 spiro atoms. The van der Waals surface area contributed by atoms with Crippen LogP contribution in [0.25, 0.3) is 0 Å². The largest absolute Gasteiger partial charge is 0.320 e. The number of amides is 1. The van der Waals surface area contributed by atoms with Gasteiger partial charge in [0.25, 0.3) is 0 Å². The Labute approximate surface area is 94.5 Å². The molecule has 0 heterocycles. The first-order chi connectivity index (χ1) is 6.52. The maximum atomic E-state index is 12.6. The van der Waals surface area contributed by atoms with Crippen LogP contribution in [0.2, 0.25) is 0 Å². The highest BCUT2D eigenvalue weighted by molar-refractivity contribution is 5.96. The van der Waals surface area contributed by atoms with Gasteiger partial charge in [0.2, 0.25) is 5.91 Å². The number of likely N-dealkylation sites (N-methyl/N-ethyl adjacent to an activating group) is 1. The van der Waals surface area contributed by atoms with Crippen LogP contribution in [0.3, 0.4) is 0 Å². The fourth-order valence-electron chi connectivity index (χ4n) is 1.10. The maximum Gasteiger partial charge on any atom is 0.243 e. The lowest BCUT2D eigenvalue weighted by Gasteiger charge is -2.19. The minimum Gasteiger partial charge on any atom is -0.320 e. The van der Waals surface area contributed by atoms with Crippen molar-refractivity contribution in [3.8, 4) is 0 Å². The number of anilines is 1. The Balaban J connectivity index is 0.00000196. The van der Waals surface area contributed by atoms with E-state index in [1.807, 2.05) is 0 Å². The first-order valence-corrected chi connectivity index (χ1v) is 4.31. The quantitative estimate of drug-likeness (QED) is 0.841. The molecule has 2 N–H and O–H groups in total. The van der Waals surface area contributed by atoms with E-state index < -0.39 is 6.04 Å². The molecule has 1 atom stereocenters. The molecule has 0 bridgehead atoms. The number of nitrogens with two attached hydrogens (primary N) is 1. The van der Waals surface area contributed by atoms with Crippen molar-refractivity contribution < 1.29 is 9.18 Å². The molecule has 1 rings (SSSR count). The monoisotopic (exact) mass is 232 g/mol. The smallest absolute Gasteiger partial charge is 0.243 e. The molecule has 0 radical (unpaired) electrons. The van der Waals surface area contributed by atoms with Gasteiger partial charge in [-0.05, 0) is 31.2 Å². The molecule has 1 amide bonds. The summed E-state index contributed by atoms with van der Waals surface area (Å²) >= 11 is 0. The van der Waals surface area contributed by atoms with E-state index in [0.717, 1.165) is 0 Å².